The Morgan fingerprint density at radius 1 is 1.13 bits per heavy atom. The van der Waals surface area contributed by atoms with Gasteiger partial charge in [-0.05, 0) is 57.7 Å². The number of thioether (sulfide) groups is 1. The average molecular weight is 554 g/mol. The van der Waals surface area contributed by atoms with Crippen LogP contribution in [0.5, 0.6) is 5.75 Å². The number of carbonyl (C=O) groups is 3. The van der Waals surface area contributed by atoms with Crippen LogP contribution in [0.15, 0.2) is 54.6 Å². The summed E-state index contributed by atoms with van der Waals surface area (Å²) in [5.74, 6) is -1.16. The van der Waals surface area contributed by atoms with Crippen molar-refractivity contribution in [3.05, 3.63) is 76.9 Å². The standard InChI is InChI=1S/C30H39N3O5S/c1-6-7-11-16-31-28(37)26-30(4,5)39-18-33(26)29(38)25(35)23(17-21-12-9-8-10-13-21)32-27(36)22-15-14-19(2)24(34)20(22)3/h7-15,23,25-26,34-35H,6,16-18H2,1-5H3,(H,31,37)(H,32,36)/b11-7-/t23-,25-,26+/m0/s1. The lowest BCUT2D eigenvalue weighted by molar-refractivity contribution is -0.147. The highest BCUT2D eigenvalue weighted by Gasteiger charge is 2.49. The molecule has 0 spiro atoms. The minimum atomic E-state index is -1.60. The van der Waals surface area contributed by atoms with Crippen LogP contribution in [0.25, 0.3) is 0 Å². The van der Waals surface area contributed by atoms with Crippen LogP contribution in [-0.4, -0.2) is 68.2 Å². The lowest BCUT2D eigenvalue weighted by Crippen LogP contribution is -2.58. The number of phenolic OH excluding ortho intramolecular Hbond substituents is 1. The Labute approximate surface area is 234 Å². The third kappa shape index (κ3) is 7.22. The van der Waals surface area contributed by atoms with Crippen molar-refractivity contribution in [3.8, 4) is 5.75 Å². The number of nitrogens with zero attached hydrogens (tertiary/aromatic N) is 1. The minimum Gasteiger partial charge on any atom is -0.507 e. The van der Waals surface area contributed by atoms with Gasteiger partial charge in [0.15, 0.2) is 6.10 Å². The molecule has 0 radical (unpaired) electrons. The zero-order valence-corrected chi connectivity index (χ0v) is 24.0. The van der Waals surface area contributed by atoms with Gasteiger partial charge in [-0.15, -0.1) is 11.8 Å². The highest BCUT2D eigenvalue weighted by molar-refractivity contribution is 8.00. The topological polar surface area (TPSA) is 119 Å². The normalized spacial score (nSPS) is 18.1. The van der Waals surface area contributed by atoms with Crippen molar-refractivity contribution in [1.29, 1.82) is 0 Å². The molecule has 0 saturated carbocycles. The first-order valence-electron chi connectivity index (χ1n) is 13.2. The van der Waals surface area contributed by atoms with E-state index >= 15 is 0 Å². The van der Waals surface area contributed by atoms with Gasteiger partial charge in [0.1, 0.15) is 11.8 Å². The molecular formula is C30H39N3O5S. The molecule has 3 amide bonds. The highest BCUT2D eigenvalue weighted by Crippen LogP contribution is 2.40. The molecule has 1 aliphatic rings. The molecule has 2 aromatic rings. The van der Waals surface area contributed by atoms with Gasteiger partial charge in [-0.3, -0.25) is 14.4 Å². The fourth-order valence-electron chi connectivity index (χ4n) is 4.70. The Kier molecular flexibility index (Phi) is 10.2. The van der Waals surface area contributed by atoms with Crippen molar-refractivity contribution in [1.82, 2.24) is 15.5 Å². The summed E-state index contributed by atoms with van der Waals surface area (Å²) < 4.78 is -0.567. The van der Waals surface area contributed by atoms with Gasteiger partial charge in [-0.25, -0.2) is 0 Å². The number of benzene rings is 2. The summed E-state index contributed by atoms with van der Waals surface area (Å²) >= 11 is 1.46. The van der Waals surface area contributed by atoms with Crippen molar-refractivity contribution in [2.75, 3.05) is 12.4 Å². The summed E-state index contributed by atoms with van der Waals surface area (Å²) in [4.78, 5) is 41.6. The highest BCUT2D eigenvalue weighted by atomic mass is 32.2. The van der Waals surface area contributed by atoms with Crippen LogP contribution in [0.3, 0.4) is 0 Å². The number of allylic oxidation sites excluding steroid dienone is 1. The molecule has 0 bridgehead atoms. The Morgan fingerprint density at radius 2 is 1.82 bits per heavy atom. The summed E-state index contributed by atoms with van der Waals surface area (Å²) in [6.45, 7) is 9.55. The third-order valence-electron chi connectivity index (χ3n) is 7.00. The van der Waals surface area contributed by atoms with E-state index < -0.39 is 34.7 Å². The predicted molar refractivity (Wildman–Crippen MR) is 155 cm³/mol. The van der Waals surface area contributed by atoms with E-state index in [4.69, 9.17) is 0 Å². The van der Waals surface area contributed by atoms with Crippen molar-refractivity contribution in [3.63, 3.8) is 0 Å². The smallest absolute Gasteiger partial charge is 0.254 e. The van der Waals surface area contributed by atoms with Crippen molar-refractivity contribution in [2.24, 2.45) is 0 Å². The molecule has 8 nitrogen and oxygen atoms in total. The predicted octanol–water partition coefficient (Wildman–Crippen LogP) is 3.47. The second kappa shape index (κ2) is 13.2. The average Bonchev–Trinajstić information content (AvgIpc) is 3.23. The second-order valence-corrected chi connectivity index (χ2v) is 11.9. The molecule has 210 valence electrons. The number of carbonyl (C=O) groups excluding carboxylic acids is 3. The summed E-state index contributed by atoms with van der Waals surface area (Å²) in [5.41, 5.74) is 2.14. The van der Waals surface area contributed by atoms with Crippen LogP contribution in [0.2, 0.25) is 0 Å². The zero-order valence-electron chi connectivity index (χ0n) is 23.2. The molecule has 9 heteroatoms. The maximum absolute atomic E-state index is 13.7. The number of phenols is 1. The molecule has 3 rings (SSSR count). The lowest BCUT2D eigenvalue weighted by Gasteiger charge is -2.33. The van der Waals surface area contributed by atoms with Gasteiger partial charge in [0, 0.05) is 22.4 Å². The maximum atomic E-state index is 13.7. The molecule has 0 aliphatic carbocycles. The number of aryl methyl sites for hydroxylation is 1. The number of aromatic hydroxyl groups is 1. The molecular weight excluding hydrogens is 514 g/mol. The number of aliphatic hydroxyl groups is 1. The monoisotopic (exact) mass is 553 g/mol. The molecule has 3 atom stereocenters. The van der Waals surface area contributed by atoms with Crippen molar-refractivity contribution >= 4 is 29.5 Å². The number of hydrogen-bond acceptors (Lipinski definition) is 6. The van der Waals surface area contributed by atoms with Crippen LogP contribution >= 0.6 is 11.8 Å². The van der Waals surface area contributed by atoms with Crippen LogP contribution in [-0.2, 0) is 16.0 Å². The first kappa shape index (κ1) is 30.2. The minimum absolute atomic E-state index is 0.0258. The van der Waals surface area contributed by atoms with Crippen LogP contribution in [0, 0.1) is 13.8 Å². The molecule has 1 heterocycles. The summed E-state index contributed by atoms with van der Waals surface area (Å²) in [5, 5.41) is 27.4. The quantitative estimate of drug-likeness (QED) is 0.335. The maximum Gasteiger partial charge on any atom is 0.254 e. The number of nitrogens with one attached hydrogen (secondary N) is 2. The molecule has 1 fully saturated rings. The molecule has 2 aromatic carbocycles. The van der Waals surface area contributed by atoms with E-state index in [9.17, 15) is 24.6 Å². The van der Waals surface area contributed by atoms with Gasteiger partial charge >= 0.3 is 0 Å². The first-order chi connectivity index (χ1) is 18.5. The van der Waals surface area contributed by atoms with E-state index in [1.54, 1.807) is 26.0 Å². The lowest BCUT2D eigenvalue weighted by atomic mass is 9.96. The van der Waals surface area contributed by atoms with Crippen molar-refractivity contribution in [2.45, 2.75) is 70.4 Å². The summed E-state index contributed by atoms with van der Waals surface area (Å²) in [6.07, 6.45) is 3.27. The van der Waals surface area contributed by atoms with Gasteiger partial charge in [-0.2, -0.15) is 0 Å². The van der Waals surface area contributed by atoms with Gasteiger partial charge in [0.25, 0.3) is 11.8 Å². The number of aliphatic hydroxyl groups excluding tert-OH is 1. The van der Waals surface area contributed by atoms with Crippen molar-refractivity contribution < 1.29 is 24.6 Å². The molecule has 4 N–H and O–H groups in total. The van der Waals surface area contributed by atoms with Crippen LogP contribution in [0.1, 0.15) is 54.2 Å². The van der Waals surface area contributed by atoms with Gasteiger partial charge < -0.3 is 25.7 Å². The van der Waals surface area contributed by atoms with E-state index in [0.717, 1.165) is 12.0 Å². The van der Waals surface area contributed by atoms with E-state index in [2.05, 4.69) is 10.6 Å². The number of hydrogen-bond donors (Lipinski definition) is 4. The van der Waals surface area contributed by atoms with E-state index in [1.165, 1.54) is 16.7 Å². The molecule has 1 aliphatic heterocycles. The Hall–Kier alpha value is -3.30. The third-order valence-corrected chi connectivity index (χ3v) is 8.37. The van der Waals surface area contributed by atoms with Gasteiger partial charge in [0.05, 0.1) is 11.9 Å². The fourth-order valence-corrected chi connectivity index (χ4v) is 5.84. The number of rotatable bonds is 10. The number of amides is 3. The largest absolute Gasteiger partial charge is 0.507 e. The van der Waals surface area contributed by atoms with E-state index in [-0.39, 0.29) is 29.5 Å². The van der Waals surface area contributed by atoms with E-state index in [0.29, 0.717) is 17.7 Å². The zero-order chi connectivity index (χ0) is 28.7. The molecule has 39 heavy (non-hydrogen) atoms. The SMILES string of the molecule is CC/C=C\CNC(=O)[C@H]1N(C(=O)[C@@H](O)[C@H](Cc2ccccc2)NC(=O)c2ccc(C)c(O)c2C)CSC1(C)C. The Morgan fingerprint density at radius 3 is 2.49 bits per heavy atom. The van der Waals surface area contributed by atoms with Crippen LogP contribution < -0.4 is 10.6 Å². The summed E-state index contributed by atoms with van der Waals surface area (Å²) in [6, 6.07) is 10.8. The molecule has 0 aromatic heterocycles. The first-order valence-corrected chi connectivity index (χ1v) is 14.2. The van der Waals surface area contributed by atoms with Gasteiger partial charge in [0.2, 0.25) is 5.91 Å². The van der Waals surface area contributed by atoms with Gasteiger partial charge in [-0.1, -0.05) is 55.5 Å². The second-order valence-electron chi connectivity index (χ2n) is 10.3. The summed E-state index contributed by atoms with van der Waals surface area (Å²) in [7, 11) is 0. The fraction of sp³-hybridized carbons (Fsp3) is 0.433. The molecule has 0 unspecified atom stereocenters. The Bertz CT molecular complexity index is 1210. The molecule has 1 saturated heterocycles. The Balaban J connectivity index is 1.86. The van der Waals surface area contributed by atoms with E-state index in [1.807, 2.05) is 63.3 Å². The van der Waals surface area contributed by atoms with Crippen LogP contribution in [0.4, 0.5) is 0 Å².